The second-order valence-corrected chi connectivity index (χ2v) is 7.95. The molecule has 0 atom stereocenters. The Balaban J connectivity index is 1.56. The van der Waals surface area contributed by atoms with Gasteiger partial charge in [-0.15, -0.1) is 0 Å². The molecule has 0 radical (unpaired) electrons. The molecule has 0 bridgehead atoms. The number of aromatic nitrogens is 3. The lowest BCUT2D eigenvalue weighted by Gasteiger charge is -2.44. The van der Waals surface area contributed by atoms with Crippen molar-refractivity contribution in [1.29, 1.82) is 0 Å². The number of ether oxygens (including phenoxy) is 1. The van der Waals surface area contributed by atoms with Crippen LogP contribution in [0.5, 0.6) is 0 Å². The fourth-order valence-electron chi connectivity index (χ4n) is 3.61. The van der Waals surface area contributed by atoms with Crippen LogP contribution in [0, 0.1) is 0 Å². The first kappa shape index (κ1) is 17.2. The largest absolute Gasteiger partial charge is 0.375 e. The second-order valence-electron chi connectivity index (χ2n) is 6.89. The van der Waals surface area contributed by atoms with Gasteiger partial charge in [-0.1, -0.05) is 11.3 Å². The molecule has 0 saturated carbocycles. The Bertz CT molecular complexity index is 828. The summed E-state index contributed by atoms with van der Waals surface area (Å²) in [6.07, 6.45) is 5.75. The predicted molar refractivity (Wildman–Crippen MR) is 99.4 cm³/mol. The van der Waals surface area contributed by atoms with E-state index in [0.717, 1.165) is 30.5 Å². The first-order valence-corrected chi connectivity index (χ1v) is 9.48. The van der Waals surface area contributed by atoms with Gasteiger partial charge in [0.25, 0.3) is 5.91 Å². The average molecular weight is 374 g/mol. The van der Waals surface area contributed by atoms with Crippen LogP contribution in [-0.2, 0) is 16.8 Å². The smallest absolute Gasteiger partial charge is 0.265 e. The maximum atomic E-state index is 12.6. The summed E-state index contributed by atoms with van der Waals surface area (Å²) in [5, 5.41) is 0.416. The van der Waals surface area contributed by atoms with E-state index < -0.39 is 5.60 Å². The first-order valence-electron chi connectivity index (χ1n) is 8.67. The molecule has 1 amide bonds. The van der Waals surface area contributed by atoms with Gasteiger partial charge < -0.3 is 20.3 Å². The molecule has 4 rings (SSSR count). The van der Waals surface area contributed by atoms with Crippen LogP contribution in [0.2, 0.25) is 0 Å². The molecule has 2 aliphatic rings. The van der Waals surface area contributed by atoms with Gasteiger partial charge in [0.15, 0.2) is 5.13 Å². The molecule has 2 aliphatic heterocycles. The van der Waals surface area contributed by atoms with Crippen molar-refractivity contribution in [2.75, 3.05) is 44.4 Å². The fraction of sp³-hybridized carbons (Fsp3) is 0.529. The Morgan fingerprint density at radius 1 is 1.31 bits per heavy atom. The predicted octanol–water partition coefficient (Wildman–Crippen LogP) is 1.29. The van der Waals surface area contributed by atoms with Crippen molar-refractivity contribution in [2.24, 2.45) is 0 Å². The highest BCUT2D eigenvalue weighted by molar-refractivity contribution is 7.17. The van der Waals surface area contributed by atoms with Crippen LogP contribution in [-0.4, -0.2) is 59.6 Å². The number of hydrogen-bond donors (Lipinski definition) is 1. The average Bonchev–Trinajstić information content (AvgIpc) is 3.08. The number of rotatable bonds is 2. The van der Waals surface area contributed by atoms with Gasteiger partial charge in [-0.2, -0.15) is 0 Å². The Kier molecular flexibility index (Phi) is 4.28. The zero-order valence-corrected chi connectivity index (χ0v) is 15.8. The lowest BCUT2D eigenvalue weighted by atomic mass is 9.83. The summed E-state index contributed by atoms with van der Waals surface area (Å²) >= 11 is 1.23. The van der Waals surface area contributed by atoms with E-state index in [9.17, 15) is 4.79 Å². The summed E-state index contributed by atoms with van der Waals surface area (Å²) in [6, 6.07) is 0. The third-order valence-electron chi connectivity index (χ3n) is 5.03. The van der Waals surface area contributed by atoms with Gasteiger partial charge in [0.2, 0.25) is 5.95 Å². The van der Waals surface area contributed by atoms with Crippen molar-refractivity contribution in [3.8, 4) is 0 Å². The van der Waals surface area contributed by atoms with Crippen molar-refractivity contribution < 1.29 is 9.53 Å². The summed E-state index contributed by atoms with van der Waals surface area (Å²) in [5.41, 5.74) is 7.35. The SMILES string of the molecule is CN(C)c1ncc2c(n1)C1(CCN(C(=O)c3cnc(N)s3)CC1)OCC2. The summed E-state index contributed by atoms with van der Waals surface area (Å²) < 4.78 is 6.23. The van der Waals surface area contributed by atoms with E-state index in [-0.39, 0.29) is 5.91 Å². The zero-order valence-electron chi connectivity index (χ0n) is 14.9. The van der Waals surface area contributed by atoms with Gasteiger partial charge in [0.05, 0.1) is 18.5 Å². The third kappa shape index (κ3) is 2.90. The molecule has 138 valence electrons. The zero-order chi connectivity index (χ0) is 18.3. The van der Waals surface area contributed by atoms with Crippen LogP contribution in [0.3, 0.4) is 0 Å². The van der Waals surface area contributed by atoms with Gasteiger partial charge in [0, 0.05) is 33.4 Å². The van der Waals surface area contributed by atoms with Crippen molar-refractivity contribution in [1.82, 2.24) is 19.9 Å². The summed E-state index contributed by atoms with van der Waals surface area (Å²) in [5.74, 6) is 0.675. The lowest BCUT2D eigenvalue weighted by molar-refractivity contribution is -0.0966. The molecule has 0 aromatic carbocycles. The monoisotopic (exact) mass is 374 g/mol. The Hall–Kier alpha value is -2.26. The standard InChI is InChI=1S/C17H22N6O2S/c1-22(2)16-20-9-11-3-8-25-17(13(11)21-16)4-6-23(7-5-17)14(24)12-10-19-15(18)26-12/h9-10H,3-8H2,1-2H3,(H2,18,19). The van der Waals surface area contributed by atoms with Crippen LogP contribution < -0.4 is 10.6 Å². The molecule has 9 heteroatoms. The van der Waals surface area contributed by atoms with Crippen LogP contribution in [0.25, 0.3) is 0 Å². The molecule has 26 heavy (non-hydrogen) atoms. The molecular formula is C17H22N6O2S. The molecule has 2 aromatic rings. The van der Waals surface area contributed by atoms with Crippen LogP contribution >= 0.6 is 11.3 Å². The number of thiazole rings is 1. The topological polar surface area (TPSA) is 97.5 Å². The number of hydrogen-bond acceptors (Lipinski definition) is 8. The highest BCUT2D eigenvalue weighted by Crippen LogP contribution is 2.41. The Morgan fingerprint density at radius 2 is 2.08 bits per heavy atom. The summed E-state index contributed by atoms with van der Waals surface area (Å²) in [7, 11) is 3.86. The molecule has 4 heterocycles. The van der Waals surface area contributed by atoms with Crippen LogP contribution in [0.15, 0.2) is 12.4 Å². The number of carbonyl (C=O) groups excluding carboxylic acids is 1. The fourth-order valence-corrected chi connectivity index (χ4v) is 4.26. The molecule has 2 aromatic heterocycles. The quantitative estimate of drug-likeness (QED) is 0.846. The van der Waals surface area contributed by atoms with E-state index in [0.29, 0.717) is 35.7 Å². The summed E-state index contributed by atoms with van der Waals surface area (Å²) in [4.78, 5) is 30.2. The van der Waals surface area contributed by atoms with E-state index in [1.54, 1.807) is 6.20 Å². The van der Waals surface area contributed by atoms with Crippen molar-refractivity contribution in [3.63, 3.8) is 0 Å². The number of amides is 1. The van der Waals surface area contributed by atoms with Crippen molar-refractivity contribution in [2.45, 2.75) is 24.9 Å². The maximum absolute atomic E-state index is 12.6. The maximum Gasteiger partial charge on any atom is 0.265 e. The molecule has 1 saturated heterocycles. The summed E-state index contributed by atoms with van der Waals surface area (Å²) in [6.45, 7) is 1.91. The van der Waals surface area contributed by atoms with E-state index in [1.807, 2.05) is 30.1 Å². The van der Waals surface area contributed by atoms with Gasteiger partial charge in [-0.05, 0) is 24.8 Å². The highest BCUT2D eigenvalue weighted by atomic mass is 32.1. The Labute approximate surface area is 156 Å². The third-order valence-corrected chi connectivity index (χ3v) is 5.84. The normalized spacial score (nSPS) is 18.6. The first-order chi connectivity index (χ1) is 12.5. The second kappa shape index (κ2) is 6.48. The number of anilines is 2. The number of nitrogen functional groups attached to an aromatic ring is 1. The lowest BCUT2D eigenvalue weighted by Crippen LogP contribution is -2.49. The number of fused-ring (bicyclic) bond motifs is 2. The van der Waals surface area contributed by atoms with E-state index in [2.05, 4.69) is 9.97 Å². The number of nitrogens with two attached hydrogens (primary N) is 1. The Morgan fingerprint density at radius 3 is 2.73 bits per heavy atom. The van der Waals surface area contributed by atoms with Crippen LogP contribution in [0.1, 0.15) is 33.8 Å². The van der Waals surface area contributed by atoms with Crippen LogP contribution in [0.4, 0.5) is 11.1 Å². The molecule has 1 spiro atoms. The number of nitrogens with zero attached hydrogens (tertiary/aromatic N) is 5. The highest BCUT2D eigenvalue weighted by Gasteiger charge is 2.43. The number of carbonyl (C=O) groups is 1. The minimum atomic E-state index is -0.426. The van der Waals surface area contributed by atoms with Gasteiger partial charge in [0.1, 0.15) is 10.5 Å². The van der Waals surface area contributed by atoms with E-state index >= 15 is 0 Å². The van der Waals surface area contributed by atoms with Gasteiger partial charge >= 0.3 is 0 Å². The van der Waals surface area contributed by atoms with E-state index in [1.165, 1.54) is 11.3 Å². The molecular weight excluding hydrogens is 352 g/mol. The molecule has 2 N–H and O–H groups in total. The minimum absolute atomic E-state index is 0.0123. The molecule has 8 nitrogen and oxygen atoms in total. The van der Waals surface area contributed by atoms with Gasteiger partial charge in [-0.25, -0.2) is 15.0 Å². The van der Waals surface area contributed by atoms with E-state index in [4.69, 9.17) is 15.5 Å². The number of likely N-dealkylation sites (tertiary alicyclic amines) is 1. The molecule has 0 unspecified atom stereocenters. The molecule has 0 aliphatic carbocycles. The van der Waals surface area contributed by atoms with Crippen molar-refractivity contribution in [3.05, 3.63) is 28.5 Å². The van der Waals surface area contributed by atoms with Gasteiger partial charge in [-0.3, -0.25) is 4.79 Å². The number of piperidine rings is 1. The molecule has 1 fully saturated rings. The minimum Gasteiger partial charge on any atom is -0.375 e. The van der Waals surface area contributed by atoms with Crippen molar-refractivity contribution >= 4 is 28.3 Å².